The normalized spacial score (nSPS) is 11.4. The minimum atomic E-state index is -0.899. The number of amides is 2. The molecule has 1 unspecified atom stereocenters. The van der Waals surface area contributed by atoms with Gasteiger partial charge in [-0.15, -0.1) is 0 Å². The van der Waals surface area contributed by atoms with E-state index in [2.05, 4.69) is 20.6 Å². The van der Waals surface area contributed by atoms with Crippen molar-refractivity contribution in [2.24, 2.45) is 0 Å². The van der Waals surface area contributed by atoms with Crippen LogP contribution >= 0.6 is 0 Å². The third-order valence-electron chi connectivity index (χ3n) is 5.02. The Labute approximate surface area is 203 Å². The smallest absolute Gasteiger partial charge is 0.249 e. The third kappa shape index (κ3) is 7.55. The van der Waals surface area contributed by atoms with Crippen LogP contribution in [0.15, 0.2) is 97.5 Å². The molecule has 0 aliphatic carbocycles. The molecule has 4 aromatic rings. The van der Waals surface area contributed by atoms with Crippen molar-refractivity contribution in [1.82, 2.24) is 15.3 Å². The van der Waals surface area contributed by atoms with Crippen molar-refractivity contribution < 1.29 is 19.1 Å². The highest BCUT2D eigenvalue weighted by Crippen LogP contribution is 2.24. The number of rotatable bonds is 11. The van der Waals surface area contributed by atoms with E-state index in [1.807, 2.05) is 60.7 Å². The number of H-pyrrole nitrogens is 1. The van der Waals surface area contributed by atoms with Gasteiger partial charge in [0.1, 0.15) is 17.5 Å². The number of benzene rings is 3. The van der Waals surface area contributed by atoms with Gasteiger partial charge in [-0.3, -0.25) is 9.59 Å². The zero-order valence-corrected chi connectivity index (χ0v) is 19.0. The lowest BCUT2D eigenvalue weighted by Crippen LogP contribution is -2.47. The largest absolute Gasteiger partial charge is 0.457 e. The van der Waals surface area contributed by atoms with E-state index in [0.29, 0.717) is 29.5 Å². The van der Waals surface area contributed by atoms with Crippen molar-refractivity contribution >= 4 is 17.5 Å². The maximum absolute atomic E-state index is 13.1. The SMILES string of the molecule is O=C(Cc1c[nH]cn1)NC(COCc1ccccc1)C(=O)Nc1cccc(Oc2ccccc2)c1. The summed E-state index contributed by atoms with van der Waals surface area (Å²) in [5.74, 6) is 0.536. The molecule has 1 aromatic heterocycles. The Hall–Kier alpha value is -4.43. The maximum Gasteiger partial charge on any atom is 0.249 e. The molecule has 0 fully saturated rings. The van der Waals surface area contributed by atoms with Crippen LogP contribution in [0.3, 0.4) is 0 Å². The first-order chi connectivity index (χ1) is 17.2. The highest BCUT2D eigenvalue weighted by Gasteiger charge is 2.22. The molecule has 0 aliphatic heterocycles. The van der Waals surface area contributed by atoms with E-state index in [-0.39, 0.29) is 18.9 Å². The van der Waals surface area contributed by atoms with E-state index in [4.69, 9.17) is 9.47 Å². The number of aromatic amines is 1. The lowest BCUT2D eigenvalue weighted by atomic mass is 10.2. The van der Waals surface area contributed by atoms with Crippen molar-refractivity contribution in [3.05, 3.63) is 109 Å². The highest BCUT2D eigenvalue weighted by atomic mass is 16.5. The quantitative estimate of drug-likeness (QED) is 0.306. The average molecular weight is 471 g/mol. The standard InChI is InChI=1S/C27H26N4O4/c32-26(15-22-16-28-19-29-22)31-25(18-34-17-20-8-3-1-4-9-20)27(33)30-21-10-7-13-24(14-21)35-23-11-5-2-6-12-23/h1-14,16,19,25H,15,17-18H2,(H,28,29)(H,30,33)(H,31,32). The Morgan fingerprint density at radius 2 is 1.66 bits per heavy atom. The zero-order valence-electron chi connectivity index (χ0n) is 19.0. The van der Waals surface area contributed by atoms with Gasteiger partial charge in [0, 0.05) is 18.0 Å². The molecular weight excluding hydrogens is 444 g/mol. The molecular formula is C27H26N4O4. The van der Waals surface area contributed by atoms with Crippen molar-refractivity contribution in [2.75, 3.05) is 11.9 Å². The second kappa shape index (κ2) is 12.2. The second-order valence-electron chi connectivity index (χ2n) is 7.79. The first-order valence-corrected chi connectivity index (χ1v) is 11.2. The summed E-state index contributed by atoms with van der Waals surface area (Å²) >= 11 is 0. The van der Waals surface area contributed by atoms with Crippen LogP contribution in [0.5, 0.6) is 11.5 Å². The zero-order chi connectivity index (χ0) is 24.3. The fourth-order valence-electron chi connectivity index (χ4n) is 3.34. The lowest BCUT2D eigenvalue weighted by Gasteiger charge is -2.19. The van der Waals surface area contributed by atoms with Crippen LogP contribution in [0.4, 0.5) is 5.69 Å². The number of aromatic nitrogens is 2. The fraction of sp³-hybridized carbons (Fsp3) is 0.148. The molecule has 2 amide bonds. The number of carbonyl (C=O) groups excluding carboxylic acids is 2. The first-order valence-electron chi connectivity index (χ1n) is 11.2. The summed E-state index contributed by atoms with van der Waals surface area (Å²) in [5.41, 5.74) is 2.09. The summed E-state index contributed by atoms with van der Waals surface area (Å²) in [6.45, 7) is 0.327. The van der Waals surface area contributed by atoms with E-state index in [0.717, 1.165) is 5.56 Å². The summed E-state index contributed by atoms with van der Waals surface area (Å²) in [4.78, 5) is 32.5. The summed E-state index contributed by atoms with van der Waals surface area (Å²) in [6, 6.07) is 25.1. The molecule has 35 heavy (non-hydrogen) atoms. The fourth-order valence-corrected chi connectivity index (χ4v) is 3.34. The minimum absolute atomic E-state index is 0.00718. The molecule has 178 valence electrons. The van der Waals surface area contributed by atoms with Crippen molar-refractivity contribution in [2.45, 2.75) is 19.1 Å². The average Bonchev–Trinajstić information content (AvgIpc) is 3.38. The van der Waals surface area contributed by atoms with Crippen LogP contribution in [0.1, 0.15) is 11.3 Å². The topological polar surface area (TPSA) is 105 Å². The minimum Gasteiger partial charge on any atom is -0.457 e. The van der Waals surface area contributed by atoms with Gasteiger partial charge in [-0.2, -0.15) is 0 Å². The Bertz CT molecular complexity index is 1210. The molecule has 0 saturated heterocycles. The van der Waals surface area contributed by atoms with Gasteiger partial charge in [0.15, 0.2) is 0 Å². The number of imidazole rings is 1. The van der Waals surface area contributed by atoms with Gasteiger partial charge in [-0.25, -0.2) is 4.98 Å². The number of carbonyl (C=O) groups is 2. The van der Waals surface area contributed by atoms with Crippen LogP contribution in [-0.2, 0) is 27.4 Å². The van der Waals surface area contributed by atoms with Gasteiger partial charge in [0.25, 0.3) is 0 Å². The van der Waals surface area contributed by atoms with Gasteiger partial charge in [0.05, 0.1) is 31.7 Å². The van der Waals surface area contributed by atoms with Crippen LogP contribution in [0, 0.1) is 0 Å². The molecule has 3 aromatic carbocycles. The number of para-hydroxylation sites is 1. The molecule has 0 aliphatic rings. The predicted octanol–water partition coefficient (Wildman–Crippen LogP) is 4.08. The van der Waals surface area contributed by atoms with Crippen molar-refractivity contribution in [1.29, 1.82) is 0 Å². The summed E-state index contributed by atoms with van der Waals surface area (Å²) < 4.78 is 11.6. The van der Waals surface area contributed by atoms with E-state index >= 15 is 0 Å². The molecule has 1 atom stereocenters. The van der Waals surface area contributed by atoms with E-state index in [9.17, 15) is 9.59 Å². The Morgan fingerprint density at radius 3 is 2.40 bits per heavy atom. The van der Waals surface area contributed by atoms with Gasteiger partial charge < -0.3 is 25.1 Å². The second-order valence-corrected chi connectivity index (χ2v) is 7.79. The molecule has 8 nitrogen and oxygen atoms in total. The molecule has 1 heterocycles. The van der Waals surface area contributed by atoms with Gasteiger partial charge in [0.2, 0.25) is 11.8 Å². The molecule has 8 heteroatoms. The molecule has 4 rings (SSSR count). The summed E-state index contributed by atoms with van der Waals surface area (Å²) in [5, 5.41) is 5.60. The van der Waals surface area contributed by atoms with Crippen LogP contribution in [0.2, 0.25) is 0 Å². The first kappa shape index (κ1) is 23.7. The number of nitrogens with one attached hydrogen (secondary N) is 3. The number of anilines is 1. The number of hydrogen-bond acceptors (Lipinski definition) is 5. The van der Waals surface area contributed by atoms with Gasteiger partial charge in [-0.1, -0.05) is 54.6 Å². The number of ether oxygens (including phenoxy) is 2. The van der Waals surface area contributed by atoms with E-state index in [1.165, 1.54) is 6.33 Å². The Balaban J connectivity index is 1.40. The predicted molar refractivity (Wildman–Crippen MR) is 132 cm³/mol. The molecule has 0 bridgehead atoms. The van der Waals surface area contributed by atoms with E-state index < -0.39 is 11.9 Å². The monoisotopic (exact) mass is 470 g/mol. The third-order valence-corrected chi connectivity index (χ3v) is 5.02. The molecule has 0 radical (unpaired) electrons. The Morgan fingerprint density at radius 1 is 0.914 bits per heavy atom. The van der Waals surface area contributed by atoms with Crippen LogP contribution in [0.25, 0.3) is 0 Å². The Kier molecular flexibility index (Phi) is 8.23. The molecule has 3 N–H and O–H groups in total. The molecule has 0 saturated carbocycles. The van der Waals surface area contributed by atoms with Gasteiger partial charge in [-0.05, 0) is 29.8 Å². The van der Waals surface area contributed by atoms with Crippen molar-refractivity contribution in [3.63, 3.8) is 0 Å². The summed E-state index contributed by atoms with van der Waals surface area (Å²) in [7, 11) is 0. The highest BCUT2D eigenvalue weighted by molar-refractivity contribution is 5.97. The summed E-state index contributed by atoms with van der Waals surface area (Å²) in [6.07, 6.45) is 3.19. The van der Waals surface area contributed by atoms with E-state index in [1.54, 1.807) is 30.5 Å². The van der Waals surface area contributed by atoms with Crippen molar-refractivity contribution in [3.8, 4) is 11.5 Å². The maximum atomic E-state index is 13.1. The number of hydrogen-bond donors (Lipinski definition) is 3. The van der Waals surface area contributed by atoms with Crippen LogP contribution in [-0.4, -0.2) is 34.4 Å². The van der Waals surface area contributed by atoms with Crippen LogP contribution < -0.4 is 15.4 Å². The number of nitrogens with zero attached hydrogens (tertiary/aromatic N) is 1. The van der Waals surface area contributed by atoms with Gasteiger partial charge >= 0.3 is 0 Å². The lowest BCUT2D eigenvalue weighted by molar-refractivity contribution is -0.127. The molecule has 0 spiro atoms.